The van der Waals surface area contributed by atoms with E-state index < -0.39 is 0 Å². The van der Waals surface area contributed by atoms with Crippen molar-refractivity contribution in [1.82, 2.24) is 9.88 Å². The zero-order chi connectivity index (χ0) is 16.4. The van der Waals surface area contributed by atoms with Crippen LogP contribution in [-0.2, 0) is 4.79 Å². The van der Waals surface area contributed by atoms with E-state index in [1.54, 1.807) is 37.5 Å². The molecule has 0 unspecified atom stereocenters. The Labute approximate surface area is 147 Å². The van der Waals surface area contributed by atoms with Gasteiger partial charge in [-0.05, 0) is 41.6 Å². The summed E-state index contributed by atoms with van der Waals surface area (Å²) in [6.07, 6.45) is 3.35. The third kappa shape index (κ3) is 3.42. The summed E-state index contributed by atoms with van der Waals surface area (Å²) in [7, 11) is 1.67. The van der Waals surface area contributed by atoms with Crippen LogP contribution in [0.25, 0.3) is 6.08 Å². The first-order chi connectivity index (χ1) is 11.1. The summed E-state index contributed by atoms with van der Waals surface area (Å²) in [6, 6.07) is 10.8. The van der Waals surface area contributed by atoms with Gasteiger partial charge in [0, 0.05) is 18.3 Å². The van der Waals surface area contributed by atoms with Crippen LogP contribution in [0, 0.1) is 0 Å². The maximum atomic E-state index is 12.4. The van der Waals surface area contributed by atoms with Crippen molar-refractivity contribution in [3.05, 3.63) is 63.2 Å². The molecule has 1 aliphatic heterocycles. The van der Waals surface area contributed by atoms with Crippen molar-refractivity contribution in [2.75, 3.05) is 7.05 Å². The quantitative estimate of drug-likeness (QED) is 0.577. The minimum atomic E-state index is -0.131. The normalized spacial score (nSPS) is 18.2. The molecule has 1 fully saturated rings. The number of carbonyl (C=O) groups excluding carboxylic acids is 1. The predicted molar refractivity (Wildman–Crippen MR) is 96.1 cm³/mol. The lowest BCUT2D eigenvalue weighted by atomic mass is 10.2. The summed E-state index contributed by atoms with van der Waals surface area (Å²) in [4.78, 5) is 22.8. The molecule has 2 aromatic rings. The average molecular weight is 364 g/mol. The van der Waals surface area contributed by atoms with E-state index in [1.165, 1.54) is 16.7 Å². The number of hydrogen-bond acceptors (Lipinski definition) is 4. The van der Waals surface area contributed by atoms with E-state index in [0.717, 1.165) is 5.56 Å². The van der Waals surface area contributed by atoms with Gasteiger partial charge in [-0.3, -0.25) is 9.69 Å². The van der Waals surface area contributed by atoms with Crippen LogP contribution in [0.2, 0.25) is 10.2 Å². The highest BCUT2D eigenvalue weighted by atomic mass is 35.5. The second-order valence-corrected chi connectivity index (χ2v) is 6.48. The van der Waals surface area contributed by atoms with E-state index in [0.29, 0.717) is 25.9 Å². The largest absolute Gasteiger partial charge is 0.290 e. The van der Waals surface area contributed by atoms with Crippen molar-refractivity contribution in [3.63, 3.8) is 0 Å². The number of rotatable bonds is 2. The molecule has 7 heteroatoms. The van der Waals surface area contributed by atoms with Gasteiger partial charge in [0.2, 0.25) is 0 Å². The van der Waals surface area contributed by atoms with Crippen molar-refractivity contribution in [2.45, 2.75) is 0 Å². The molecule has 0 atom stereocenters. The molecule has 23 heavy (non-hydrogen) atoms. The van der Waals surface area contributed by atoms with E-state index in [9.17, 15) is 4.79 Å². The molecule has 1 saturated heterocycles. The first-order valence-corrected chi connectivity index (χ1v) is 8.25. The molecular weight excluding hydrogens is 353 g/mol. The highest BCUT2D eigenvalue weighted by Crippen LogP contribution is 2.35. The summed E-state index contributed by atoms with van der Waals surface area (Å²) < 4.78 is 0. The molecule has 1 aliphatic rings. The number of amidine groups is 1. The smallest absolute Gasteiger partial charge is 0.266 e. The number of likely N-dealkylation sites (N-methyl/N-ethyl adjacent to an activating group) is 1. The molecule has 0 N–H and O–H groups in total. The molecule has 1 aromatic carbocycles. The number of thioether (sulfide) groups is 1. The number of nitrogens with zero attached hydrogens (tertiary/aromatic N) is 3. The number of aromatic nitrogens is 1. The zero-order valence-corrected chi connectivity index (χ0v) is 14.4. The van der Waals surface area contributed by atoms with Gasteiger partial charge in [0.05, 0.1) is 4.91 Å². The van der Waals surface area contributed by atoms with Crippen molar-refractivity contribution in [2.24, 2.45) is 4.99 Å². The minimum Gasteiger partial charge on any atom is -0.290 e. The molecular formula is C16H11Cl2N3OS. The van der Waals surface area contributed by atoms with Gasteiger partial charge in [-0.2, -0.15) is 0 Å². The first kappa shape index (κ1) is 16.1. The Morgan fingerprint density at radius 3 is 2.74 bits per heavy atom. The lowest BCUT2D eigenvalue weighted by molar-refractivity contribution is -0.121. The van der Waals surface area contributed by atoms with Crippen molar-refractivity contribution in [1.29, 1.82) is 0 Å². The summed E-state index contributed by atoms with van der Waals surface area (Å²) in [5.41, 5.74) is 1.31. The summed E-state index contributed by atoms with van der Waals surface area (Å²) in [6.45, 7) is 0. The number of pyridine rings is 1. The third-order valence-corrected chi connectivity index (χ3v) is 4.85. The van der Waals surface area contributed by atoms with Crippen LogP contribution in [0.15, 0.2) is 52.5 Å². The Hall–Kier alpha value is -1.82. The summed E-state index contributed by atoms with van der Waals surface area (Å²) in [5.74, 6) is -0.131. The molecule has 0 bridgehead atoms. The lowest BCUT2D eigenvalue weighted by Gasteiger charge is -2.07. The Morgan fingerprint density at radius 2 is 2.00 bits per heavy atom. The fourth-order valence-corrected chi connectivity index (χ4v) is 3.27. The number of hydrogen-bond donors (Lipinski definition) is 0. The Balaban J connectivity index is 1.95. The highest BCUT2D eigenvalue weighted by molar-refractivity contribution is 8.18. The maximum absolute atomic E-state index is 12.4. The predicted octanol–water partition coefficient (Wildman–Crippen LogP) is 4.62. The van der Waals surface area contributed by atoms with Crippen LogP contribution < -0.4 is 0 Å². The van der Waals surface area contributed by atoms with Crippen LogP contribution in [0.4, 0.5) is 5.69 Å². The van der Waals surface area contributed by atoms with E-state index in [-0.39, 0.29) is 5.91 Å². The fraction of sp³-hybridized carbons (Fsp3) is 0.0625. The summed E-state index contributed by atoms with van der Waals surface area (Å²) in [5, 5.41) is 1.44. The van der Waals surface area contributed by atoms with Crippen LogP contribution >= 0.6 is 35.0 Å². The number of amides is 1. The molecule has 0 spiro atoms. The van der Waals surface area contributed by atoms with E-state index in [4.69, 9.17) is 23.2 Å². The Morgan fingerprint density at radius 1 is 1.22 bits per heavy atom. The molecule has 0 aliphatic carbocycles. The van der Waals surface area contributed by atoms with E-state index in [1.807, 2.05) is 18.2 Å². The average Bonchev–Trinajstić information content (AvgIpc) is 2.80. The first-order valence-electron chi connectivity index (χ1n) is 6.67. The molecule has 3 rings (SSSR count). The van der Waals surface area contributed by atoms with Crippen molar-refractivity contribution >= 4 is 57.8 Å². The number of carbonyl (C=O) groups is 1. The third-order valence-electron chi connectivity index (χ3n) is 3.15. The molecule has 0 saturated carbocycles. The van der Waals surface area contributed by atoms with Gasteiger partial charge in [-0.15, -0.1) is 0 Å². The van der Waals surface area contributed by atoms with Crippen LogP contribution in [0.3, 0.4) is 0 Å². The molecule has 2 heterocycles. The van der Waals surface area contributed by atoms with Gasteiger partial charge in [-0.25, -0.2) is 9.98 Å². The van der Waals surface area contributed by atoms with Gasteiger partial charge in [0.1, 0.15) is 5.69 Å². The van der Waals surface area contributed by atoms with Gasteiger partial charge < -0.3 is 0 Å². The number of benzene rings is 1. The van der Waals surface area contributed by atoms with Gasteiger partial charge in [0.25, 0.3) is 5.91 Å². The zero-order valence-electron chi connectivity index (χ0n) is 12.0. The van der Waals surface area contributed by atoms with Crippen LogP contribution in [-0.4, -0.2) is 28.0 Å². The molecule has 1 amide bonds. The molecule has 4 nitrogen and oxygen atoms in total. The maximum Gasteiger partial charge on any atom is 0.266 e. The molecule has 1 aromatic heterocycles. The molecule has 116 valence electrons. The number of halogens is 2. The number of aliphatic imine (C=N–C) groups is 1. The standard InChI is InChI=1S/C16H11Cl2N3OS/c1-21-15(22)13(9-10-5-2-3-6-11(10)17)23-16(21)20-12-7-4-8-19-14(12)18/h2-9H,1H3/b13-9-,20-16?. The SMILES string of the molecule is CN1C(=O)/C(=C/c2ccccc2Cl)SC1=Nc1cccnc1Cl. The summed E-state index contributed by atoms with van der Waals surface area (Å²) >= 11 is 13.4. The topological polar surface area (TPSA) is 45.6 Å². The van der Waals surface area contributed by atoms with Crippen molar-refractivity contribution in [3.8, 4) is 0 Å². The Bertz CT molecular complexity index is 836. The molecule has 0 radical (unpaired) electrons. The Kier molecular flexibility index (Phi) is 4.71. The van der Waals surface area contributed by atoms with Gasteiger partial charge >= 0.3 is 0 Å². The van der Waals surface area contributed by atoms with E-state index >= 15 is 0 Å². The van der Waals surface area contributed by atoms with Gasteiger partial charge in [0.15, 0.2) is 10.3 Å². The minimum absolute atomic E-state index is 0.131. The fourth-order valence-electron chi connectivity index (χ4n) is 1.95. The monoisotopic (exact) mass is 363 g/mol. The van der Waals surface area contributed by atoms with Gasteiger partial charge in [-0.1, -0.05) is 41.4 Å². The highest BCUT2D eigenvalue weighted by Gasteiger charge is 2.30. The van der Waals surface area contributed by atoms with Crippen LogP contribution in [0.1, 0.15) is 5.56 Å². The van der Waals surface area contributed by atoms with Crippen molar-refractivity contribution < 1.29 is 4.79 Å². The van der Waals surface area contributed by atoms with E-state index in [2.05, 4.69) is 9.98 Å². The van der Waals surface area contributed by atoms with Crippen LogP contribution in [0.5, 0.6) is 0 Å². The lowest BCUT2D eigenvalue weighted by Crippen LogP contribution is -2.23. The second kappa shape index (κ2) is 6.74. The second-order valence-electron chi connectivity index (χ2n) is 4.70.